The molecule has 1 saturated heterocycles. The number of nitrogens with zero attached hydrogens (tertiary/aromatic N) is 1. The molecule has 4 amide bonds. The summed E-state index contributed by atoms with van der Waals surface area (Å²) in [6, 6.07) is 13.7. The van der Waals surface area contributed by atoms with E-state index >= 15 is 0 Å². The minimum absolute atomic E-state index is 0.0628. The number of hydrogen-bond acceptors (Lipinski definition) is 3. The molecule has 0 bridgehead atoms. The first-order chi connectivity index (χ1) is 11.5. The molecule has 1 N–H and O–H groups in total. The second-order valence-corrected chi connectivity index (χ2v) is 5.60. The minimum atomic E-state index is -0.735. The number of carbonyl (C=O) groups excluding carboxylic acids is 3. The normalized spacial score (nSPS) is 16.5. The van der Waals surface area contributed by atoms with Crippen molar-refractivity contribution in [2.24, 2.45) is 0 Å². The number of carbonyl (C=O) groups is 3. The number of aryl methyl sites for hydroxylation is 2. The molecule has 0 saturated carbocycles. The van der Waals surface area contributed by atoms with Crippen molar-refractivity contribution >= 4 is 29.6 Å². The highest BCUT2D eigenvalue weighted by Gasteiger charge is 2.37. The van der Waals surface area contributed by atoms with E-state index < -0.39 is 17.8 Å². The van der Waals surface area contributed by atoms with Crippen molar-refractivity contribution in [2.75, 3.05) is 4.90 Å². The number of imide groups is 2. The molecule has 0 atom stereocenters. The first-order valence-corrected chi connectivity index (χ1v) is 7.52. The Balaban J connectivity index is 2.07. The second kappa shape index (κ2) is 6.12. The van der Waals surface area contributed by atoms with E-state index in [4.69, 9.17) is 0 Å². The van der Waals surface area contributed by atoms with E-state index in [1.54, 1.807) is 25.1 Å². The van der Waals surface area contributed by atoms with Gasteiger partial charge in [-0.3, -0.25) is 14.9 Å². The van der Waals surface area contributed by atoms with Gasteiger partial charge in [-0.15, -0.1) is 0 Å². The maximum atomic E-state index is 12.8. The summed E-state index contributed by atoms with van der Waals surface area (Å²) in [4.78, 5) is 38.1. The predicted octanol–water partition coefficient (Wildman–Crippen LogP) is 2.97. The SMILES string of the molecule is Cc1ccccc1/C=C1\C(=O)NC(=O)N(c2ccccc2C)C1=O. The highest BCUT2D eigenvalue weighted by atomic mass is 16.2. The molecule has 0 aromatic heterocycles. The van der Waals surface area contributed by atoms with Crippen LogP contribution in [-0.2, 0) is 9.59 Å². The summed E-state index contributed by atoms with van der Waals surface area (Å²) in [7, 11) is 0. The van der Waals surface area contributed by atoms with E-state index in [9.17, 15) is 14.4 Å². The van der Waals surface area contributed by atoms with Crippen molar-refractivity contribution in [2.45, 2.75) is 13.8 Å². The van der Waals surface area contributed by atoms with Crippen LogP contribution in [0.3, 0.4) is 0 Å². The minimum Gasteiger partial charge on any atom is -0.273 e. The van der Waals surface area contributed by atoms with Crippen molar-refractivity contribution in [3.05, 3.63) is 70.8 Å². The molecule has 24 heavy (non-hydrogen) atoms. The van der Waals surface area contributed by atoms with E-state index in [-0.39, 0.29) is 5.57 Å². The van der Waals surface area contributed by atoms with Crippen LogP contribution < -0.4 is 10.2 Å². The van der Waals surface area contributed by atoms with Gasteiger partial charge in [-0.1, -0.05) is 42.5 Å². The molecule has 2 aromatic carbocycles. The molecular weight excluding hydrogens is 304 g/mol. The van der Waals surface area contributed by atoms with Gasteiger partial charge in [0, 0.05) is 0 Å². The zero-order chi connectivity index (χ0) is 17.3. The largest absolute Gasteiger partial charge is 0.335 e. The first kappa shape index (κ1) is 15.7. The molecule has 1 aliphatic rings. The van der Waals surface area contributed by atoms with E-state index in [2.05, 4.69) is 5.32 Å². The van der Waals surface area contributed by atoms with Crippen LogP contribution in [0.1, 0.15) is 16.7 Å². The molecule has 0 radical (unpaired) electrons. The van der Waals surface area contributed by atoms with Crippen molar-refractivity contribution in [3.8, 4) is 0 Å². The highest BCUT2D eigenvalue weighted by molar-refractivity contribution is 6.39. The van der Waals surface area contributed by atoms with Crippen molar-refractivity contribution in [1.82, 2.24) is 5.32 Å². The Morgan fingerprint density at radius 2 is 1.50 bits per heavy atom. The molecule has 0 aliphatic carbocycles. The smallest absolute Gasteiger partial charge is 0.273 e. The van der Waals surface area contributed by atoms with Gasteiger partial charge in [0.05, 0.1) is 5.69 Å². The number of amides is 4. The van der Waals surface area contributed by atoms with Crippen LogP contribution in [0, 0.1) is 13.8 Å². The van der Waals surface area contributed by atoms with Crippen LogP contribution in [0.2, 0.25) is 0 Å². The lowest BCUT2D eigenvalue weighted by molar-refractivity contribution is -0.122. The monoisotopic (exact) mass is 320 g/mol. The van der Waals surface area contributed by atoms with Crippen LogP contribution >= 0.6 is 0 Å². The Morgan fingerprint density at radius 1 is 0.875 bits per heavy atom. The number of anilines is 1. The molecule has 1 heterocycles. The van der Waals surface area contributed by atoms with Crippen molar-refractivity contribution in [3.63, 3.8) is 0 Å². The summed E-state index contributed by atoms with van der Waals surface area (Å²) in [5.41, 5.74) is 2.86. The van der Waals surface area contributed by atoms with Gasteiger partial charge in [-0.25, -0.2) is 9.69 Å². The Morgan fingerprint density at radius 3 is 2.17 bits per heavy atom. The average Bonchev–Trinajstić information content (AvgIpc) is 2.54. The maximum Gasteiger partial charge on any atom is 0.335 e. The zero-order valence-corrected chi connectivity index (χ0v) is 13.4. The molecule has 0 spiro atoms. The topological polar surface area (TPSA) is 66.5 Å². The lowest BCUT2D eigenvalue weighted by atomic mass is 10.0. The van der Waals surface area contributed by atoms with Gasteiger partial charge in [0.25, 0.3) is 11.8 Å². The Hall–Kier alpha value is -3.21. The number of para-hydroxylation sites is 1. The number of benzene rings is 2. The number of rotatable bonds is 2. The molecular formula is C19H16N2O3. The fourth-order valence-electron chi connectivity index (χ4n) is 2.59. The molecule has 120 valence electrons. The molecule has 2 aromatic rings. The first-order valence-electron chi connectivity index (χ1n) is 7.52. The van der Waals surface area contributed by atoms with Crippen molar-refractivity contribution < 1.29 is 14.4 Å². The quantitative estimate of drug-likeness (QED) is 0.683. The van der Waals surface area contributed by atoms with Gasteiger partial charge in [-0.2, -0.15) is 0 Å². The summed E-state index contributed by atoms with van der Waals surface area (Å²) in [6.45, 7) is 3.69. The van der Waals surface area contributed by atoms with Gasteiger partial charge >= 0.3 is 6.03 Å². The molecule has 1 fully saturated rings. The van der Waals surface area contributed by atoms with E-state index in [1.807, 2.05) is 37.3 Å². The molecule has 1 aliphatic heterocycles. The van der Waals surface area contributed by atoms with Gasteiger partial charge in [0.1, 0.15) is 5.57 Å². The zero-order valence-electron chi connectivity index (χ0n) is 13.4. The predicted molar refractivity (Wildman–Crippen MR) is 91.4 cm³/mol. The summed E-state index contributed by atoms with van der Waals surface area (Å²) >= 11 is 0. The molecule has 3 rings (SSSR count). The van der Waals surface area contributed by atoms with Gasteiger partial charge in [-0.05, 0) is 42.7 Å². The third-order valence-corrected chi connectivity index (χ3v) is 3.95. The fourth-order valence-corrected chi connectivity index (χ4v) is 2.59. The number of hydrogen-bond donors (Lipinski definition) is 1. The van der Waals surface area contributed by atoms with Gasteiger partial charge in [0.15, 0.2) is 0 Å². The number of nitrogens with one attached hydrogen (secondary N) is 1. The van der Waals surface area contributed by atoms with Crippen LogP contribution in [0.4, 0.5) is 10.5 Å². The summed E-state index contributed by atoms with van der Waals surface area (Å²) in [5, 5.41) is 2.23. The summed E-state index contributed by atoms with van der Waals surface area (Å²) < 4.78 is 0. The summed E-state index contributed by atoms with van der Waals surface area (Å²) in [6.07, 6.45) is 1.52. The van der Waals surface area contributed by atoms with E-state index in [1.165, 1.54) is 6.08 Å². The van der Waals surface area contributed by atoms with Crippen LogP contribution in [0.25, 0.3) is 6.08 Å². The second-order valence-electron chi connectivity index (χ2n) is 5.60. The van der Waals surface area contributed by atoms with E-state index in [0.717, 1.165) is 21.6 Å². The van der Waals surface area contributed by atoms with Gasteiger partial charge in [0.2, 0.25) is 0 Å². The third-order valence-electron chi connectivity index (χ3n) is 3.95. The third kappa shape index (κ3) is 2.72. The number of urea groups is 1. The average molecular weight is 320 g/mol. The van der Waals surface area contributed by atoms with Crippen LogP contribution in [-0.4, -0.2) is 17.8 Å². The van der Waals surface area contributed by atoms with E-state index in [0.29, 0.717) is 5.69 Å². The number of barbiturate groups is 1. The summed E-state index contributed by atoms with van der Waals surface area (Å²) in [5.74, 6) is -1.31. The fraction of sp³-hybridized carbons (Fsp3) is 0.105. The lowest BCUT2D eigenvalue weighted by Crippen LogP contribution is -2.54. The molecule has 0 unspecified atom stereocenters. The highest BCUT2D eigenvalue weighted by Crippen LogP contribution is 2.25. The Labute approximate surface area is 139 Å². The van der Waals surface area contributed by atoms with Crippen molar-refractivity contribution in [1.29, 1.82) is 0 Å². The van der Waals surface area contributed by atoms with Gasteiger partial charge < -0.3 is 0 Å². The van der Waals surface area contributed by atoms with Crippen LogP contribution in [0.5, 0.6) is 0 Å². The standard InChI is InChI=1S/C19H16N2O3/c1-12-7-3-5-9-14(12)11-15-17(22)20-19(24)21(18(15)23)16-10-6-4-8-13(16)2/h3-11H,1-2H3,(H,20,22,24)/b15-11+. The Kier molecular flexibility index (Phi) is 4.00. The van der Waals surface area contributed by atoms with Crippen LogP contribution in [0.15, 0.2) is 54.1 Å². The Bertz CT molecular complexity index is 884. The maximum absolute atomic E-state index is 12.8. The lowest BCUT2D eigenvalue weighted by Gasteiger charge is -2.27. The molecule has 5 heteroatoms. The molecule has 5 nitrogen and oxygen atoms in total.